The summed E-state index contributed by atoms with van der Waals surface area (Å²) in [6.07, 6.45) is 0.0616. The minimum Gasteiger partial charge on any atom is -0.480 e. The van der Waals surface area contributed by atoms with Gasteiger partial charge in [-0.25, -0.2) is 0 Å². The molecule has 0 spiro atoms. The van der Waals surface area contributed by atoms with Gasteiger partial charge in [0.1, 0.15) is 5.54 Å². The highest BCUT2D eigenvalue weighted by atomic mass is 16.4. The maximum absolute atomic E-state index is 14.2. The SMILES string of the molecule is O=C1C2C(c3ccc(-c4ccccc4)cc3)NC(Cc3ccc4ccccc4c3)(C(=O)O)C2C(=O)N1CCNCc1ccccc1. The number of likely N-dealkylation sites (tertiary alicyclic amines) is 1. The first-order valence-electron chi connectivity index (χ1n) is 15.7. The number of carbonyl (C=O) groups excluding carboxylic acids is 2. The number of fused-ring (bicyclic) bond motifs is 2. The second-order valence-electron chi connectivity index (χ2n) is 12.2. The van der Waals surface area contributed by atoms with Crippen molar-refractivity contribution in [3.8, 4) is 11.1 Å². The second-order valence-corrected chi connectivity index (χ2v) is 12.2. The molecule has 5 aromatic carbocycles. The molecule has 2 aliphatic heterocycles. The Labute approximate surface area is 267 Å². The van der Waals surface area contributed by atoms with Crippen molar-refractivity contribution in [2.75, 3.05) is 13.1 Å². The van der Waals surface area contributed by atoms with Crippen molar-refractivity contribution in [1.29, 1.82) is 0 Å². The molecule has 0 aromatic heterocycles. The lowest BCUT2D eigenvalue weighted by atomic mass is 9.76. The van der Waals surface area contributed by atoms with E-state index in [4.69, 9.17) is 0 Å². The number of imide groups is 1. The summed E-state index contributed by atoms with van der Waals surface area (Å²) in [4.78, 5) is 42.9. The number of amides is 2. The highest BCUT2D eigenvalue weighted by Gasteiger charge is 2.68. The summed E-state index contributed by atoms with van der Waals surface area (Å²) in [5, 5.41) is 19.6. The Morgan fingerprint density at radius 3 is 2.11 bits per heavy atom. The molecule has 2 saturated heterocycles. The van der Waals surface area contributed by atoms with E-state index in [9.17, 15) is 19.5 Å². The monoisotopic (exact) mass is 609 g/mol. The fourth-order valence-electron chi connectivity index (χ4n) is 7.21. The number of aliphatic carboxylic acids is 1. The Kier molecular flexibility index (Phi) is 7.95. The molecule has 2 amide bonds. The minimum atomic E-state index is -1.67. The number of carbonyl (C=O) groups is 3. The Balaban J connectivity index is 1.22. The van der Waals surface area contributed by atoms with Crippen LogP contribution in [-0.4, -0.2) is 46.4 Å². The predicted molar refractivity (Wildman–Crippen MR) is 178 cm³/mol. The van der Waals surface area contributed by atoms with Gasteiger partial charge in [-0.2, -0.15) is 0 Å². The number of hydrogen-bond donors (Lipinski definition) is 3. The molecule has 4 unspecified atom stereocenters. The van der Waals surface area contributed by atoms with Gasteiger partial charge >= 0.3 is 5.97 Å². The molecule has 0 radical (unpaired) electrons. The van der Waals surface area contributed by atoms with E-state index in [0.29, 0.717) is 13.1 Å². The molecule has 0 bridgehead atoms. The van der Waals surface area contributed by atoms with Crippen molar-refractivity contribution >= 4 is 28.6 Å². The number of benzene rings is 5. The lowest BCUT2D eigenvalue weighted by Crippen LogP contribution is -2.57. The highest BCUT2D eigenvalue weighted by Crippen LogP contribution is 2.50. The summed E-state index contributed by atoms with van der Waals surface area (Å²) in [6.45, 7) is 1.17. The first-order chi connectivity index (χ1) is 22.4. The summed E-state index contributed by atoms with van der Waals surface area (Å²) in [5.41, 5.74) is 3.07. The van der Waals surface area contributed by atoms with Crippen LogP contribution >= 0.6 is 0 Å². The maximum atomic E-state index is 14.2. The summed E-state index contributed by atoms with van der Waals surface area (Å²) in [6, 6.07) is 40.8. The zero-order valence-corrected chi connectivity index (χ0v) is 25.3. The van der Waals surface area contributed by atoms with E-state index in [1.165, 1.54) is 4.90 Å². The fraction of sp³-hybridized carbons (Fsp3) is 0.205. The molecule has 2 heterocycles. The zero-order valence-electron chi connectivity index (χ0n) is 25.3. The molecular formula is C39H35N3O4. The van der Waals surface area contributed by atoms with Gasteiger partial charge in [-0.15, -0.1) is 0 Å². The summed E-state index contributed by atoms with van der Waals surface area (Å²) >= 11 is 0. The standard InChI is InChI=1S/C39H35N3O4/c43-36-33-34(37(44)42(36)22-21-40-25-26-9-3-1-4-10-26)39(38(45)46,24-27-15-16-29-13-7-8-14-32(29)23-27)41-35(33)31-19-17-30(18-20-31)28-11-5-2-6-12-28/h1-20,23,33-35,40-41H,21-22,24-25H2,(H,45,46). The molecule has 2 aliphatic rings. The Morgan fingerprint density at radius 2 is 1.39 bits per heavy atom. The van der Waals surface area contributed by atoms with Gasteiger partial charge in [0.2, 0.25) is 11.8 Å². The van der Waals surface area contributed by atoms with Crippen LogP contribution in [0.4, 0.5) is 0 Å². The molecule has 4 atom stereocenters. The van der Waals surface area contributed by atoms with Gasteiger partial charge in [-0.1, -0.05) is 127 Å². The number of carboxylic acids is 1. The van der Waals surface area contributed by atoms with E-state index in [0.717, 1.165) is 38.6 Å². The van der Waals surface area contributed by atoms with Gasteiger partial charge in [-0.3, -0.25) is 24.6 Å². The smallest absolute Gasteiger partial charge is 0.325 e. The average Bonchev–Trinajstić information content (AvgIpc) is 3.57. The first-order valence-corrected chi connectivity index (χ1v) is 15.7. The molecule has 0 aliphatic carbocycles. The van der Waals surface area contributed by atoms with Crippen LogP contribution in [0, 0.1) is 11.8 Å². The number of carboxylic acid groups (broad SMARTS) is 1. The van der Waals surface area contributed by atoms with Crippen molar-refractivity contribution in [3.05, 3.63) is 144 Å². The minimum absolute atomic E-state index is 0.0616. The van der Waals surface area contributed by atoms with Gasteiger partial charge < -0.3 is 10.4 Å². The molecule has 3 N–H and O–H groups in total. The lowest BCUT2D eigenvalue weighted by Gasteiger charge is -2.31. The molecule has 5 aromatic rings. The van der Waals surface area contributed by atoms with Crippen molar-refractivity contribution in [2.45, 2.75) is 24.5 Å². The van der Waals surface area contributed by atoms with E-state index in [1.807, 2.05) is 127 Å². The molecule has 7 rings (SSSR count). The van der Waals surface area contributed by atoms with Crippen molar-refractivity contribution < 1.29 is 19.5 Å². The highest BCUT2D eigenvalue weighted by molar-refractivity contribution is 6.09. The summed E-state index contributed by atoms with van der Waals surface area (Å²) in [5.74, 6) is -3.81. The Morgan fingerprint density at radius 1 is 0.739 bits per heavy atom. The average molecular weight is 610 g/mol. The van der Waals surface area contributed by atoms with Crippen LogP contribution in [0.15, 0.2) is 127 Å². The molecule has 7 nitrogen and oxygen atoms in total. The molecule has 230 valence electrons. The molecule has 2 fully saturated rings. The maximum Gasteiger partial charge on any atom is 0.325 e. The van der Waals surface area contributed by atoms with Crippen LogP contribution in [0.2, 0.25) is 0 Å². The fourth-order valence-corrected chi connectivity index (χ4v) is 7.21. The number of nitrogens with zero attached hydrogens (tertiary/aromatic N) is 1. The molecule has 0 saturated carbocycles. The Hall–Kier alpha value is -5.11. The van der Waals surface area contributed by atoms with E-state index in [2.05, 4.69) is 10.6 Å². The van der Waals surface area contributed by atoms with Crippen LogP contribution in [0.25, 0.3) is 21.9 Å². The topological polar surface area (TPSA) is 98.7 Å². The lowest BCUT2D eigenvalue weighted by molar-refractivity contribution is -0.151. The molecule has 7 heteroatoms. The number of hydrogen-bond acceptors (Lipinski definition) is 5. The van der Waals surface area contributed by atoms with Crippen molar-refractivity contribution in [1.82, 2.24) is 15.5 Å². The number of nitrogens with one attached hydrogen (secondary N) is 2. The van der Waals surface area contributed by atoms with Crippen LogP contribution in [0.1, 0.15) is 22.7 Å². The predicted octanol–water partition coefficient (Wildman–Crippen LogP) is 5.61. The molecular weight excluding hydrogens is 574 g/mol. The van der Waals surface area contributed by atoms with Crippen LogP contribution in [0.3, 0.4) is 0 Å². The normalized spacial score (nSPS) is 22.3. The van der Waals surface area contributed by atoms with E-state index < -0.39 is 35.3 Å². The van der Waals surface area contributed by atoms with Gasteiger partial charge in [0.05, 0.1) is 11.8 Å². The number of rotatable bonds is 10. The largest absolute Gasteiger partial charge is 0.480 e. The molecule has 46 heavy (non-hydrogen) atoms. The summed E-state index contributed by atoms with van der Waals surface area (Å²) < 4.78 is 0. The van der Waals surface area contributed by atoms with Crippen LogP contribution < -0.4 is 10.6 Å². The zero-order chi connectivity index (χ0) is 31.7. The van der Waals surface area contributed by atoms with E-state index >= 15 is 0 Å². The van der Waals surface area contributed by atoms with Gasteiger partial charge in [0.15, 0.2) is 0 Å². The van der Waals surface area contributed by atoms with Crippen molar-refractivity contribution in [2.24, 2.45) is 11.8 Å². The second kappa shape index (κ2) is 12.4. The van der Waals surface area contributed by atoms with Gasteiger partial charge in [-0.05, 0) is 38.6 Å². The third-order valence-electron chi connectivity index (χ3n) is 9.49. The third-order valence-corrected chi connectivity index (χ3v) is 9.49. The van der Waals surface area contributed by atoms with Gasteiger partial charge in [0.25, 0.3) is 0 Å². The quantitative estimate of drug-likeness (QED) is 0.141. The van der Waals surface area contributed by atoms with Gasteiger partial charge in [0, 0.05) is 32.1 Å². The Bertz CT molecular complexity index is 1890. The van der Waals surface area contributed by atoms with E-state index in [1.54, 1.807) is 0 Å². The first kappa shape index (κ1) is 29.6. The van der Waals surface area contributed by atoms with E-state index in [-0.39, 0.29) is 18.9 Å². The van der Waals surface area contributed by atoms with Crippen molar-refractivity contribution in [3.63, 3.8) is 0 Å². The van der Waals surface area contributed by atoms with Crippen LogP contribution in [-0.2, 0) is 27.3 Å². The third kappa shape index (κ3) is 5.38. The van der Waals surface area contributed by atoms with Crippen LogP contribution in [0.5, 0.6) is 0 Å². The summed E-state index contributed by atoms with van der Waals surface area (Å²) in [7, 11) is 0.